The minimum atomic E-state index is -1.15. The first-order valence-corrected chi connectivity index (χ1v) is 10.1. The molecule has 4 aromatic rings. The van der Waals surface area contributed by atoms with Crippen LogP contribution in [0.1, 0.15) is 37.2 Å². The van der Waals surface area contributed by atoms with E-state index < -0.39 is 23.2 Å². The van der Waals surface area contributed by atoms with E-state index in [2.05, 4.69) is 4.98 Å². The van der Waals surface area contributed by atoms with E-state index in [1.54, 1.807) is 23.0 Å². The Hall–Kier alpha value is -3.46. The van der Waals surface area contributed by atoms with Crippen molar-refractivity contribution < 1.29 is 13.9 Å². The van der Waals surface area contributed by atoms with Crippen molar-refractivity contribution in [2.75, 3.05) is 0 Å². The van der Waals surface area contributed by atoms with Crippen LogP contribution in [0.15, 0.2) is 63.0 Å². The Balaban J connectivity index is 1.82. The SMILES string of the molecule is CCCCn1c(=O)n(CC(O)c2ccc(F)cc2)c(=O)c2c1ncn2Cc1ccco1. The van der Waals surface area contributed by atoms with Crippen molar-refractivity contribution in [3.63, 3.8) is 0 Å². The molecule has 1 atom stereocenters. The van der Waals surface area contributed by atoms with Gasteiger partial charge in [-0.2, -0.15) is 0 Å². The Morgan fingerprint density at radius 3 is 2.61 bits per heavy atom. The van der Waals surface area contributed by atoms with Gasteiger partial charge in [-0.1, -0.05) is 25.5 Å². The molecule has 4 rings (SSSR count). The lowest BCUT2D eigenvalue weighted by Gasteiger charge is -2.15. The minimum absolute atomic E-state index is 0.253. The summed E-state index contributed by atoms with van der Waals surface area (Å²) in [6.45, 7) is 2.44. The van der Waals surface area contributed by atoms with Crippen LogP contribution in [0.4, 0.5) is 4.39 Å². The fourth-order valence-electron chi connectivity index (χ4n) is 3.57. The van der Waals surface area contributed by atoms with E-state index in [4.69, 9.17) is 4.42 Å². The third kappa shape index (κ3) is 4.09. The molecule has 0 radical (unpaired) electrons. The molecule has 31 heavy (non-hydrogen) atoms. The van der Waals surface area contributed by atoms with Gasteiger partial charge in [-0.3, -0.25) is 13.9 Å². The molecule has 3 heterocycles. The van der Waals surface area contributed by atoms with Crippen LogP contribution in [-0.2, 0) is 19.6 Å². The summed E-state index contributed by atoms with van der Waals surface area (Å²) >= 11 is 0. The summed E-state index contributed by atoms with van der Waals surface area (Å²) in [5, 5.41) is 10.6. The summed E-state index contributed by atoms with van der Waals surface area (Å²) < 4.78 is 22.7. The molecule has 0 bridgehead atoms. The summed E-state index contributed by atoms with van der Waals surface area (Å²) in [6, 6.07) is 8.85. The lowest BCUT2D eigenvalue weighted by molar-refractivity contribution is 0.152. The molecule has 1 N–H and O–H groups in total. The van der Waals surface area contributed by atoms with Crippen molar-refractivity contribution in [2.45, 2.75) is 45.5 Å². The van der Waals surface area contributed by atoms with Crippen molar-refractivity contribution in [3.05, 3.63) is 87.0 Å². The summed E-state index contributed by atoms with van der Waals surface area (Å²) in [4.78, 5) is 30.8. The second-order valence-corrected chi connectivity index (χ2v) is 7.39. The predicted molar refractivity (Wildman–Crippen MR) is 112 cm³/mol. The minimum Gasteiger partial charge on any atom is -0.467 e. The number of unbranched alkanes of at least 4 members (excludes halogenated alkanes) is 1. The quantitative estimate of drug-likeness (QED) is 0.467. The number of aryl methyl sites for hydroxylation is 1. The molecule has 8 nitrogen and oxygen atoms in total. The molecule has 0 aliphatic heterocycles. The second-order valence-electron chi connectivity index (χ2n) is 7.39. The van der Waals surface area contributed by atoms with Crippen LogP contribution in [0.2, 0.25) is 0 Å². The van der Waals surface area contributed by atoms with Crippen LogP contribution in [0, 0.1) is 5.82 Å². The number of benzene rings is 1. The largest absolute Gasteiger partial charge is 0.467 e. The van der Waals surface area contributed by atoms with Gasteiger partial charge >= 0.3 is 5.69 Å². The van der Waals surface area contributed by atoms with Crippen LogP contribution < -0.4 is 11.2 Å². The molecule has 1 unspecified atom stereocenters. The van der Waals surface area contributed by atoms with Gasteiger partial charge in [0.2, 0.25) is 0 Å². The summed E-state index contributed by atoms with van der Waals surface area (Å²) in [6.07, 6.45) is 3.50. The average Bonchev–Trinajstić information content (AvgIpc) is 3.42. The van der Waals surface area contributed by atoms with Gasteiger partial charge in [0, 0.05) is 6.54 Å². The van der Waals surface area contributed by atoms with Crippen molar-refractivity contribution in [2.24, 2.45) is 0 Å². The first-order valence-electron chi connectivity index (χ1n) is 10.1. The number of rotatable bonds is 8. The zero-order chi connectivity index (χ0) is 22.0. The fourth-order valence-corrected chi connectivity index (χ4v) is 3.57. The molecule has 162 valence electrons. The van der Waals surface area contributed by atoms with Crippen molar-refractivity contribution >= 4 is 11.2 Å². The number of hydrogen-bond donors (Lipinski definition) is 1. The van der Waals surface area contributed by atoms with E-state index in [1.807, 2.05) is 6.92 Å². The topological polar surface area (TPSA) is 95.2 Å². The van der Waals surface area contributed by atoms with E-state index in [0.717, 1.165) is 17.4 Å². The third-order valence-electron chi connectivity index (χ3n) is 5.24. The van der Waals surface area contributed by atoms with Crippen LogP contribution in [-0.4, -0.2) is 23.8 Å². The second kappa shape index (κ2) is 8.73. The van der Waals surface area contributed by atoms with Crippen molar-refractivity contribution in [1.29, 1.82) is 0 Å². The molecule has 3 aromatic heterocycles. The van der Waals surface area contributed by atoms with Gasteiger partial charge in [0.25, 0.3) is 5.56 Å². The molecule has 0 fully saturated rings. The number of hydrogen-bond acceptors (Lipinski definition) is 5. The van der Waals surface area contributed by atoms with Crippen molar-refractivity contribution in [1.82, 2.24) is 18.7 Å². The summed E-state index contributed by atoms with van der Waals surface area (Å²) in [5.74, 6) is 0.209. The smallest absolute Gasteiger partial charge is 0.332 e. The lowest BCUT2D eigenvalue weighted by atomic mass is 10.1. The molecule has 0 saturated heterocycles. The third-order valence-corrected chi connectivity index (χ3v) is 5.24. The number of halogens is 1. The molecule has 1 aromatic carbocycles. The van der Waals surface area contributed by atoms with Crippen LogP contribution in [0.3, 0.4) is 0 Å². The zero-order valence-electron chi connectivity index (χ0n) is 17.1. The van der Waals surface area contributed by atoms with E-state index >= 15 is 0 Å². The Morgan fingerprint density at radius 1 is 1.16 bits per heavy atom. The Kier molecular flexibility index (Phi) is 5.85. The van der Waals surface area contributed by atoms with Gasteiger partial charge < -0.3 is 14.1 Å². The molecule has 9 heteroatoms. The van der Waals surface area contributed by atoms with E-state index in [9.17, 15) is 19.1 Å². The van der Waals surface area contributed by atoms with Gasteiger partial charge in [0.05, 0.1) is 31.8 Å². The normalized spacial score (nSPS) is 12.5. The maximum atomic E-state index is 13.3. The predicted octanol–water partition coefficient (Wildman–Crippen LogP) is 2.67. The Morgan fingerprint density at radius 2 is 1.94 bits per heavy atom. The van der Waals surface area contributed by atoms with Gasteiger partial charge in [-0.25, -0.2) is 14.2 Å². The van der Waals surface area contributed by atoms with Gasteiger partial charge in [-0.15, -0.1) is 0 Å². The molecular weight excluding hydrogens is 403 g/mol. The number of nitrogens with zero attached hydrogens (tertiary/aromatic N) is 4. The number of aliphatic hydroxyl groups excluding tert-OH is 1. The highest BCUT2D eigenvalue weighted by Gasteiger charge is 2.20. The maximum Gasteiger partial charge on any atom is 0.332 e. The number of aliphatic hydroxyl groups is 1. The summed E-state index contributed by atoms with van der Waals surface area (Å²) in [7, 11) is 0. The van der Waals surface area contributed by atoms with E-state index in [0.29, 0.717) is 23.5 Å². The average molecular weight is 426 g/mol. The Bertz CT molecular complexity index is 1290. The highest BCUT2D eigenvalue weighted by molar-refractivity contribution is 5.70. The zero-order valence-corrected chi connectivity index (χ0v) is 17.1. The Labute approximate surface area is 176 Å². The molecule has 0 aliphatic rings. The number of furan rings is 1. The van der Waals surface area contributed by atoms with Crippen LogP contribution >= 0.6 is 0 Å². The highest BCUT2D eigenvalue weighted by atomic mass is 19.1. The number of aromatic nitrogens is 4. The first-order chi connectivity index (χ1) is 15.0. The van der Waals surface area contributed by atoms with E-state index in [1.165, 1.54) is 35.2 Å². The monoisotopic (exact) mass is 426 g/mol. The molecular formula is C22H23FN4O4. The van der Waals surface area contributed by atoms with Crippen molar-refractivity contribution in [3.8, 4) is 0 Å². The summed E-state index contributed by atoms with van der Waals surface area (Å²) in [5.41, 5.74) is -0.0914. The molecule has 0 spiro atoms. The molecule has 0 aliphatic carbocycles. The molecule has 0 amide bonds. The highest BCUT2D eigenvalue weighted by Crippen LogP contribution is 2.16. The fraction of sp³-hybridized carbons (Fsp3) is 0.318. The first kappa shape index (κ1) is 20.8. The van der Waals surface area contributed by atoms with Crippen LogP contribution in [0.5, 0.6) is 0 Å². The van der Waals surface area contributed by atoms with Crippen LogP contribution in [0.25, 0.3) is 11.2 Å². The van der Waals surface area contributed by atoms with Gasteiger partial charge in [0.15, 0.2) is 11.2 Å². The number of fused-ring (bicyclic) bond motifs is 1. The number of imidazole rings is 1. The standard InChI is InChI=1S/C22H23FN4O4/c1-2-3-10-26-20-19(25(14-24-20)12-17-5-4-11-31-17)21(29)27(22(26)30)13-18(28)15-6-8-16(23)9-7-15/h4-9,11,14,18,28H,2-3,10,12-13H2,1H3. The lowest BCUT2D eigenvalue weighted by Crippen LogP contribution is -2.42. The molecule has 0 saturated carbocycles. The van der Waals surface area contributed by atoms with Gasteiger partial charge in [0.1, 0.15) is 11.6 Å². The maximum absolute atomic E-state index is 13.3. The van der Waals surface area contributed by atoms with Gasteiger partial charge in [-0.05, 0) is 36.2 Å². The van der Waals surface area contributed by atoms with E-state index in [-0.39, 0.29) is 18.6 Å².